The maximum Gasteiger partial charge on any atom is 0.306 e. The molecule has 1 aliphatic heterocycles. The maximum absolute atomic E-state index is 12.1. The lowest BCUT2D eigenvalue weighted by molar-refractivity contribution is -0.141. The first-order valence-electron chi connectivity index (χ1n) is 12.3. The molecule has 0 saturated carbocycles. The molecule has 0 amide bonds. The summed E-state index contributed by atoms with van der Waals surface area (Å²) in [4.78, 5) is 14.4. The number of ether oxygens (including phenoxy) is 2. The van der Waals surface area contributed by atoms with Crippen LogP contribution < -0.4 is 10.2 Å². The fourth-order valence-electron chi connectivity index (χ4n) is 4.65. The molecule has 0 spiro atoms. The first-order valence-corrected chi connectivity index (χ1v) is 14.2. The van der Waals surface area contributed by atoms with E-state index in [2.05, 4.69) is 35.3 Å². The predicted molar refractivity (Wildman–Crippen MR) is 145 cm³/mol. The van der Waals surface area contributed by atoms with E-state index in [9.17, 15) is 13.9 Å². The van der Waals surface area contributed by atoms with E-state index in [0.717, 1.165) is 48.4 Å². The van der Waals surface area contributed by atoms with E-state index in [1.807, 2.05) is 18.2 Å². The summed E-state index contributed by atoms with van der Waals surface area (Å²) in [7, 11) is 0.524. The smallest absolute Gasteiger partial charge is 0.306 e. The Kier molecular flexibility index (Phi) is 10.0. The van der Waals surface area contributed by atoms with Gasteiger partial charge in [0.25, 0.3) is 0 Å². The van der Waals surface area contributed by atoms with Gasteiger partial charge in [0.2, 0.25) is 0 Å². The lowest BCUT2D eigenvalue weighted by atomic mass is 9.94. The van der Waals surface area contributed by atoms with Crippen LogP contribution in [-0.2, 0) is 14.3 Å². The topological polar surface area (TPSA) is 115 Å². The normalized spacial score (nSPS) is 17.0. The van der Waals surface area contributed by atoms with Crippen LogP contribution in [0.5, 0.6) is 0 Å². The zero-order valence-corrected chi connectivity index (χ0v) is 22.1. The van der Waals surface area contributed by atoms with Gasteiger partial charge in [0, 0.05) is 42.8 Å². The number of carbonyl (C=O) groups is 1. The molecule has 8 nitrogen and oxygen atoms in total. The molecule has 1 unspecified atom stereocenters. The molecular weight excluding hydrogens is 478 g/mol. The summed E-state index contributed by atoms with van der Waals surface area (Å²) in [5.74, 6) is 0.379. The average Bonchev–Trinajstić information content (AvgIpc) is 2.88. The Labute approximate surface area is 215 Å². The highest BCUT2D eigenvalue weighted by Gasteiger charge is 2.29. The third kappa shape index (κ3) is 7.37. The van der Waals surface area contributed by atoms with Crippen LogP contribution in [0.4, 0.5) is 17.1 Å². The summed E-state index contributed by atoms with van der Waals surface area (Å²) in [5.41, 5.74) is 4.28. The van der Waals surface area contributed by atoms with Crippen LogP contribution in [0.15, 0.2) is 42.5 Å². The number of esters is 1. The lowest BCUT2D eigenvalue weighted by Gasteiger charge is -2.44. The number of carbonyl (C=O) groups excluding carboxylic acids is 1. The lowest BCUT2D eigenvalue weighted by Crippen LogP contribution is -2.41. The zero-order chi connectivity index (χ0) is 26.1. The molecule has 3 N–H and O–H groups in total. The summed E-state index contributed by atoms with van der Waals surface area (Å²) < 4.78 is 30.6. The van der Waals surface area contributed by atoms with Crippen molar-refractivity contribution in [3.05, 3.63) is 53.6 Å². The molecule has 1 aliphatic rings. The monoisotopic (exact) mass is 515 g/mol. The molecule has 0 bridgehead atoms. The molecule has 1 saturated heterocycles. The number of hydrogen-bond donors (Lipinski definition) is 3. The summed E-state index contributed by atoms with van der Waals surface area (Å²) >= 11 is 0. The molecule has 9 heteroatoms. The van der Waals surface area contributed by atoms with E-state index in [1.165, 1.54) is 7.11 Å². The average molecular weight is 516 g/mol. The van der Waals surface area contributed by atoms with Crippen LogP contribution >= 0.6 is 10.6 Å². The van der Waals surface area contributed by atoms with Crippen molar-refractivity contribution in [2.45, 2.75) is 44.6 Å². The van der Waals surface area contributed by atoms with Crippen molar-refractivity contribution < 1.29 is 23.4 Å². The van der Waals surface area contributed by atoms with Crippen molar-refractivity contribution >= 4 is 33.6 Å². The van der Waals surface area contributed by atoms with E-state index in [4.69, 9.17) is 14.7 Å². The largest absolute Gasteiger partial charge is 0.469 e. The molecule has 2 aromatic rings. The second kappa shape index (κ2) is 13.0. The fraction of sp³-hybridized carbons (Fsp3) is 0.481. The molecule has 0 aliphatic carbocycles. The Bertz CT molecular complexity index is 1040. The number of nitriles is 1. The molecule has 0 radical (unpaired) electrons. The Balaban J connectivity index is 2.01. The fourth-order valence-corrected chi connectivity index (χ4v) is 6.15. The SMILES string of the molecule is CCCN(c1ccc(C(COC)CC(=O)OC)cc1Nc1ccc(C#N)cc1)C1CCS(O)(O)CC1. The highest BCUT2D eigenvalue weighted by Crippen LogP contribution is 2.46. The van der Waals surface area contributed by atoms with Gasteiger partial charge in [-0.15, -0.1) is 0 Å². The number of benzene rings is 2. The molecule has 36 heavy (non-hydrogen) atoms. The Hall–Kier alpha value is -2.77. The number of anilines is 3. The van der Waals surface area contributed by atoms with Crippen molar-refractivity contribution in [2.24, 2.45) is 0 Å². The third-order valence-corrected chi connectivity index (χ3v) is 8.34. The standard InChI is InChI=1S/C27H37N3O5S/c1-4-13-30(24-11-14-36(32,33)15-12-24)26-10-7-21(22(19-34-2)17-27(31)35-3)16-25(26)29-23-8-5-20(18-28)6-9-23/h5-10,16,22,24,29,32-33H,4,11-15,17,19H2,1-3H3. The summed E-state index contributed by atoms with van der Waals surface area (Å²) in [6.07, 6.45) is 2.59. The van der Waals surface area contributed by atoms with Crippen molar-refractivity contribution in [3.8, 4) is 6.07 Å². The van der Waals surface area contributed by atoms with Gasteiger partial charge in [0.15, 0.2) is 0 Å². The summed E-state index contributed by atoms with van der Waals surface area (Å²) in [5, 5.41) is 12.7. The molecule has 196 valence electrons. The molecule has 1 atom stereocenters. The molecule has 2 aromatic carbocycles. The predicted octanol–water partition coefficient (Wildman–Crippen LogP) is 5.72. The Morgan fingerprint density at radius 3 is 2.47 bits per heavy atom. The summed E-state index contributed by atoms with van der Waals surface area (Å²) in [6, 6.07) is 15.8. The van der Waals surface area contributed by atoms with Crippen LogP contribution in [0.2, 0.25) is 0 Å². The Morgan fingerprint density at radius 1 is 1.19 bits per heavy atom. The van der Waals surface area contributed by atoms with Gasteiger partial charge in [0.1, 0.15) is 0 Å². The van der Waals surface area contributed by atoms with E-state index >= 15 is 0 Å². The number of hydrogen-bond acceptors (Lipinski definition) is 8. The van der Waals surface area contributed by atoms with Gasteiger partial charge in [-0.2, -0.15) is 15.9 Å². The summed E-state index contributed by atoms with van der Waals surface area (Å²) in [6.45, 7) is 3.34. The molecule has 1 heterocycles. The quantitative estimate of drug-likeness (QED) is 0.325. The van der Waals surface area contributed by atoms with Crippen LogP contribution in [0.1, 0.15) is 49.7 Å². The van der Waals surface area contributed by atoms with Crippen molar-refractivity contribution in [1.29, 1.82) is 5.26 Å². The van der Waals surface area contributed by atoms with Gasteiger partial charge in [-0.1, -0.05) is 13.0 Å². The van der Waals surface area contributed by atoms with Gasteiger partial charge in [0.05, 0.1) is 43.1 Å². The van der Waals surface area contributed by atoms with Crippen LogP contribution in [-0.4, -0.2) is 60.0 Å². The second-order valence-corrected chi connectivity index (χ2v) is 11.6. The van der Waals surface area contributed by atoms with E-state index in [-0.39, 0.29) is 24.3 Å². The van der Waals surface area contributed by atoms with Crippen LogP contribution in [0.3, 0.4) is 0 Å². The minimum Gasteiger partial charge on any atom is -0.469 e. The van der Waals surface area contributed by atoms with Gasteiger partial charge in [-0.3, -0.25) is 13.9 Å². The first-order chi connectivity index (χ1) is 17.3. The van der Waals surface area contributed by atoms with Gasteiger partial charge in [-0.05, 0) is 61.2 Å². The highest BCUT2D eigenvalue weighted by molar-refractivity contribution is 8.24. The maximum atomic E-state index is 12.1. The number of methoxy groups -OCH3 is 2. The zero-order valence-electron chi connectivity index (χ0n) is 21.3. The van der Waals surface area contributed by atoms with Gasteiger partial charge >= 0.3 is 5.97 Å². The van der Waals surface area contributed by atoms with E-state index < -0.39 is 10.6 Å². The molecule has 0 aromatic heterocycles. The van der Waals surface area contributed by atoms with Crippen LogP contribution in [0.25, 0.3) is 0 Å². The van der Waals surface area contributed by atoms with Crippen molar-refractivity contribution in [1.82, 2.24) is 0 Å². The highest BCUT2D eigenvalue weighted by atomic mass is 32.3. The number of nitrogens with one attached hydrogen (secondary N) is 1. The molecule has 1 fully saturated rings. The van der Waals surface area contributed by atoms with Gasteiger partial charge in [-0.25, -0.2) is 0 Å². The second-order valence-electron chi connectivity index (χ2n) is 9.16. The number of nitrogens with zero attached hydrogens (tertiary/aromatic N) is 2. The minimum absolute atomic E-state index is 0.166. The number of rotatable bonds is 11. The van der Waals surface area contributed by atoms with Gasteiger partial charge < -0.3 is 19.7 Å². The minimum atomic E-state index is -2.48. The van der Waals surface area contributed by atoms with Crippen molar-refractivity contribution in [2.75, 3.05) is 49.1 Å². The molecular formula is C27H37N3O5S. The third-order valence-electron chi connectivity index (χ3n) is 6.56. The van der Waals surface area contributed by atoms with E-state index in [1.54, 1.807) is 19.2 Å². The van der Waals surface area contributed by atoms with Crippen molar-refractivity contribution in [3.63, 3.8) is 0 Å². The molecule has 3 rings (SSSR count). The first kappa shape index (κ1) is 27.8. The van der Waals surface area contributed by atoms with Crippen LogP contribution in [0, 0.1) is 11.3 Å². The Morgan fingerprint density at radius 2 is 1.89 bits per heavy atom. The van der Waals surface area contributed by atoms with E-state index in [0.29, 0.717) is 23.7 Å².